The van der Waals surface area contributed by atoms with E-state index in [4.69, 9.17) is 11.6 Å². The van der Waals surface area contributed by atoms with E-state index in [1.807, 2.05) is 0 Å². The molecule has 21 heavy (non-hydrogen) atoms. The van der Waals surface area contributed by atoms with E-state index in [9.17, 15) is 32.5 Å². The Bertz CT molecular complexity index is 629. The van der Waals surface area contributed by atoms with E-state index in [-0.39, 0.29) is 0 Å². The molecule has 1 saturated carbocycles. The first-order chi connectivity index (χ1) is 9.60. The first kappa shape index (κ1) is 15.5. The molecule has 1 amide bonds. The summed E-state index contributed by atoms with van der Waals surface area (Å²) in [4.78, 5) is 21.4. The summed E-state index contributed by atoms with van der Waals surface area (Å²) >= 11 is 5.56. The molecule has 1 aromatic rings. The summed E-state index contributed by atoms with van der Waals surface area (Å²) in [6, 6.07) is 1.40. The van der Waals surface area contributed by atoms with Gasteiger partial charge in [-0.05, 0) is 18.9 Å². The van der Waals surface area contributed by atoms with Crippen LogP contribution in [-0.4, -0.2) is 17.0 Å². The van der Waals surface area contributed by atoms with Crippen molar-refractivity contribution in [2.24, 2.45) is 5.41 Å². The van der Waals surface area contributed by atoms with Crippen molar-refractivity contribution in [2.45, 2.75) is 19.0 Å². The number of nitrogens with zero attached hydrogens (tertiary/aromatic N) is 1. The van der Waals surface area contributed by atoms with Crippen LogP contribution in [-0.2, 0) is 4.79 Å². The minimum absolute atomic E-state index is 0.420. The maximum atomic E-state index is 13.6. The SMILES string of the molecule is O=C(Nc1c(F)ccc([N+](=O)[O-])c1Cl)C1(C(F)(F)F)CC1. The number of carbonyl (C=O) groups is 1. The van der Waals surface area contributed by atoms with E-state index in [2.05, 4.69) is 0 Å². The van der Waals surface area contributed by atoms with Crippen molar-refractivity contribution in [3.8, 4) is 0 Å². The molecule has 1 N–H and O–H groups in total. The van der Waals surface area contributed by atoms with Crippen LogP contribution in [0.4, 0.5) is 28.9 Å². The van der Waals surface area contributed by atoms with Gasteiger partial charge in [0.2, 0.25) is 5.91 Å². The molecule has 0 aromatic heterocycles. The first-order valence-electron chi connectivity index (χ1n) is 5.61. The van der Waals surface area contributed by atoms with Gasteiger partial charge in [0, 0.05) is 6.07 Å². The zero-order valence-corrected chi connectivity index (χ0v) is 10.9. The minimum Gasteiger partial charge on any atom is -0.321 e. The molecule has 0 heterocycles. The fourth-order valence-electron chi connectivity index (χ4n) is 1.79. The summed E-state index contributed by atoms with van der Waals surface area (Å²) in [5.74, 6) is -2.63. The normalized spacial score (nSPS) is 16.4. The van der Waals surface area contributed by atoms with Gasteiger partial charge in [0.1, 0.15) is 21.9 Å². The number of amides is 1. The molecule has 1 aliphatic carbocycles. The summed E-state index contributed by atoms with van der Waals surface area (Å²) in [6.45, 7) is 0. The van der Waals surface area contributed by atoms with Gasteiger partial charge in [-0.1, -0.05) is 11.6 Å². The van der Waals surface area contributed by atoms with Crippen molar-refractivity contribution in [3.05, 3.63) is 33.1 Å². The second-order valence-corrected chi connectivity index (χ2v) is 4.92. The van der Waals surface area contributed by atoms with E-state index < -0.39 is 57.5 Å². The maximum absolute atomic E-state index is 13.6. The summed E-state index contributed by atoms with van der Waals surface area (Å²) in [6.07, 6.45) is -5.62. The lowest BCUT2D eigenvalue weighted by atomic mass is 10.1. The number of alkyl halides is 3. The van der Waals surface area contributed by atoms with Crippen LogP contribution < -0.4 is 5.32 Å². The highest BCUT2D eigenvalue weighted by molar-refractivity contribution is 6.35. The van der Waals surface area contributed by atoms with E-state index in [0.29, 0.717) is 6.07 Å². The molecule has 10 heteroatoms. The lowest BCUT2D eigenvalue weighted by Crippen LogP contribution is -2.37. The highest BCUT2D eigenvalue weighted by Crippen LogP contribution is 2.58. The molecule has 1 aliphatic rings. The van der Waals surface area contributed by atoms with Crippen LogP contribution in [0.25, 0.3) is 0 Å². The maximum Gasteiger partial charge on any atom is 0.403 e. The van der Waals surface area contributed by atoms with Crippen molar-refractivity contribution in [3.63, 3.8) is 0 Å². The molecule has 0 atom stereocenters. The van der Waals surface area contributed by atoms with Gasteiger partial charge >= 0.3 is 6.18 Å². The van der Waals surface area contributed by atoms with Gasteiger partial charge in [0.05, 0.1) is 4.92 Å². The third-order valence-electron chi connectivity index (χ3n) is 3.23. The second-order valence-electron chi connectivity index (χ2n) is 4.55. The number of rotatable bonds is 3. The molecule has 0 radical (unpaired) electrons. The van der Waals surface area contributed by atoms with Crippen molar-refractivity contribution in [2.75, 3.05) is 5.32 Å². The zero-order chi connectivity index (χ0) is 16.0. The number of anilines is 1. The van der Waals surface area contributed by atoms with Crippen LogP contribution in [0, 0.1) is 21.3 Å². The first-order valence-corrected chi connectivity index (χ1v) is 5.98. The third kappa shape index (κ3) is 2.53. The highest BCUT2D eigenvalue weighted by atomic mass is 35.5. The lowest BCUT2D eigenvalue weighted by Gasteiger charge is -2.19. The average molecular weight is 327 g/mol. The minimum atomic E-state index is -4.78. The summed E-state index contributed by atoms with van der Waals surface area (Å²) in [7, 11) is 0. The summed E-state index contributed by atoms with van der Waals surface area (Å²) in [5, 5.41) is 11.6. The van der Waals surface area contributed by atoms with Gasteiger partial charge in [-0.25, -0.2) is 4.39 Å². The summed E-state index contributed by atoms with van der Waals surface area (Å²) in [5.41, 5.74) is -4.12. The predicted molar refractivity (Wildman–Crippen MR) is 64.4 cm³/mol. The number of nitrogens with one attached hydrogen (secondary N) is 1. The number of hydrogen-bond acceptors (Lipinski definition) is 3. The Morgan fingerprint density at radius 3 is 2.38 bits per heavy atom. The average Bonchev–Trinajstić information content (AvgIpc) is 3.14. The third-order valence-corrected chi connectivity index (χ3v) is 3.62. The Balaban J connectivity index is 2.35. The standard InChI is InChI=1S/C11H7ClF4N2O3/c12-7-6(18(20)21)2-1-5(13)8(7)17-9(19)10(3-4-10)11(14,15)16/h1-2H,3-4H2,(H,17,19). The molecule has 114 valence electrons. The van der Waals surface area contributed by atoms with E-state index in [1.54, 1.807) is 5.32 Å². The number of nitro benzene ring substituents is 1. The van der Waals surface area contributed by atoms with Crippen LogP contribution in [0.15, 0.2) is 12.1 Å². The van der Waals surface area contributed by atoms with Crippen molar-refractivity contribution in [1.29, 1.82) is 0 Å². The lowest BCUT2D eigenvalue weighted by molar-refractivity contribution is -0.384. The van der Waals surface area contributed by atoms with Crippen LogP contribution >= 0.6 is 11.6 Å². The number of nitro groups is 1. The van der Waals surface area contributed by atoms with Crippen LogP contribution in [0.3, 0.4) is 0 Å². The van der Waals surface area contributed by atoms with Crippen molar-refractivity contribution < 1.29 is 27.3 Å². The molecule has 0 bridgehead atoms. The van der Waals surface area contributed by atoms with E-state index in [0.717, 1.165) is 6.07 Å². The highest BCUT2D eigenvalue weighted by Gasteiger charge is 2.68. The van der Waals surface area contributed by atoms with Crippen molar-refractivity contribution >= 4 is 28.9 Å². The Morgan fingerprint density at radius 1 is 1.38 bits per heavy atom. The van der Waals surface area contributed by atoms with Crippen LogP contribution in [0.2, 0.25) is 5.02 Å². The van der Waals surface area contributed by atoms with E-state index >= 15 is 0 Å². The number of halogens is 5. The van der Waals surface area contributed by atoms with Crippen LogP contribution in [0.5, 0.6) is 0 Å². The molecule has 1 fully saturated rings. The molecule has 5 nitrogen and oxygen atoms in total. The molecular weight excluding hydrogens is 320 g/mol. The Morgan fingerprint density at radius 2 is 1.95 bits per heavy atom. The monoisotopic (exact) mass is 326 g/mol. The van der Waals surface area contributed by atoms with Gasteiger partial charge in [-0.3, -0.25) is 14.9 Å². The second kappa shape index (κ2) is 4.83. The van der Waals surface area contributed by atoms with Gasteiger partial charge in [-0.15, -0.1) is 0 Å². The predicted octanol–water partition coefficient (Wildman–Crippen LogP) is 3.67. The van der Waals surface area contributed by atoms with Gasteiger partial charge < -0.3 is 5.32 Å². The molecule has 0 unspecified atom stereocenters. The fourth-order valence-corrected chi connectivity index (χ4v) is 2.06. The number of hydrogen-bond donors (Lipinski definition) is 1. The van der Waals surface area contributed by atoms with Crippen LogP contribution in [0.1, 0.15) is 12.8 Å². The molecule has 0 saturated heterocycles. The molecule has 1 aromatic carbocycles. The summed E-state index contributed by atoms with van der Waals surface area (Å²) < 4.78 is 51.8. The zero-order valence-electron chi connectivity index (χ0n) is 10.1. The molecule has 2 rings (SSSR count). The Kier molecular flexibility index (Phi) is 3.56. The Labute approximate surface area is 120 Å². The Hall–Kier alpha value is -1.90. The van der Waals surface area contributed by atoms with Crippen molar-refractivity contribution in [1.82, 2.24) is 0 Å². The quantitative estimate of drug-likeness (QED) is 0.523. The van der Waals surface area contributed by atoms with Gasteiger partial charge in [0.15, 0.2) is 0 Å². The largest absolute Gasteiger partial charge is 0.403 e. The fraction of sp³-hybridized carbons (Fsp3) is 0.364. The number of benzene rings is 1. The van der Waals surface area contributed by atoms with Gasteiger partial charge in [-0.2, -0.15) is 13.2 Å². The van der Waals surface area contributed by atoms with E-state index in [1.165, 1.54) is 0 Å². The van der Waals surface area contributed by atoms with Gasteiger partial charge in [0.25, 0.3) is 5.69 Å². The molecule has 0 aliphatic heterocycles. The molecular formula is C11H7ClF4N2O3. The topological polar surface area (TPSA) is 72.2 Å². The number of carbonyl (C=O) groups excluding carboxylic acids is 1. The smallest absolute Gasteiger partial charge is 0.321 e. The molecule has 0 spiro atoms.